The second-order valence-electron chi connectivity index (χ2n) is 3.52. The SMILES string of the molecule is Cc1nc(CC(=O)C(C(F)(F)F)C(F)(F)F)cs1. The van der Waals surface area contributed by atoms with Crippen LogP contribution in [0, 0.1) is 12.8 Å². The monoisotopic (exact) mass is 291 g/mol. The molecule has 102 valence electrons. The first-order valence-corrected chi connectivity index (χ1v) is 5.47. The smallest absolute Gasteiger partial charge is 0.298 e. The number of alkyl halides is 6. The van der Waals surface area contributed by atoms with Gasteiger partial charge in [0, 0.05) is 5.38 Å². The number of nitrogens with zero attached hydrogens (tertiary/aromatic N) is 1. The van der Waals surface area contributed by atoms with Gasteiger partial charge in [0.2, 0.25) is 5.92 Å². The van der Waals surface area contributed by atoms with E-state index in [1.165, 1.54) is 12.3 Å². The number of thiazole rings is 1. The maximum absolute atomic E-state index is 12.2. The van der Waals surface area contributed by atoms with E-state index in [-0.39, 0.29) is 5.69 Å². The molecule has 0 unspecified atom stereocenters. The van der Waals surface area contributed by atoms with Crippen LogP contribution in [0.15, 0.2) is 5.38 Å². The van der Waals surface area contributed by atoms with Crippen molar-refractivity contribution >= 4 is 17.1 Å². The highest BCUT2D eigenvalue weighted by atomic mass is 32.1. The molecular formula is C9H7F6NOS. The summed E-state index contributed by atoms with van der Waals surface area (Å²) >= 11 is 1.05. The third kappa shape index (κ3) is 3.69. The molecule has 1 aromatic heterocycles. The van der Waals surface area contributed by atoms with Gasteiger partial charge in [0.15, 0.2) is 5.78 Å². The molecule has 0 spiro atoms. The van der Waals surface area contributed by atoms with E-state index in [9.17, 15) is 31.1 Å². The maximum atomic E-state index is 12.2. The van der Waals surface area contributed by atoms with Crippen molar-refractivity contribution in [1.29, 1.82) is 0 Å². The summed E-state index contributed by atoms with van der Waals surface area (Å²) in [6.45, 7) is 1.53. The Morgan fingerprint density at radius 1 is 1.28 bits per heavy atom. The Morgan fingerprint density at radius 3 is 2.11 bits per heavy atom. The van der Waals surface area contributed by atoms with Gasteiger partial charge in [0.25, 0.3) is 0 Å². The van der Waals surface area contributed by atoms with E-state index < -0.39 is 30.5 Å². The number of carbonyl (C=O) groups is 1. The molecular weight excluding hydrogens is 284 g/mol. The van der Waals surface area contributed by atoms with Crippen LogP contribution in [0.2, 0.25) is 0 Å². The van der Waals surface area contributed by atoms with E-state index >= 15 is 0 Å². The van der Waals surface area contributed by atoms with Gasteiger partial charge in [0.05, 0.1) is 17.1 Å². The fourth-order valence-corrected chi connectivity index (χ4v) is 1.93. The molecule has 0 saturated heterocycles. The van der Waals surface area contributed by atoms with Crippen molar-refractivity contribution in [3.8, 4) is 0 Å². The number of aryl methyl sites for hydroxylation is 1. The van der Waals surface area contributed by atoms with Crippen LogP contribution < -0.4 is 0 Å². The molecule has 0 aromatic carbocycles. The largest absolute Gasteiger partial charge is 0.407 e. The molecule has 0 N–H and O–H groups in total. The Labute approximate surface area is 102 Å². The molecule has 0 bridgehead atoms. The third-order valence-electron chi connectivity index (χ3n) is 2.00. The lowest BCUT2D eigenvalue weighted by atomic mass is 9.99. The fourth-order valence-electron chi connectivity index (χ4n) is 1.32. The first-order valence-electron chi connectivity index (χ1n) is 4.59. The zero-order chi connectivity index (χ0) is 14.1. The topological polar surface area (TPSA) is 30.0 Å². The second kappa shape index (κ2) is 4.87. The Morgan fingerprint density at radius 2 is 1.78 bits per heavy atom. The predicted octanol–water partition coefficient (Wildman–Crippen LogP) is 3.30. The molecule has 0 saturated carbocycles. The van der Waals surface area contributed by atoms with Crippen LogP contribution in [-0.2, 0) is 11.2 Å². The van der Waals surface area contributed by atoms with Crippen LogP contribution in [0.5, 0.6) is 0 Å². The van der Waals surface area contributed by atoms with Gasteiger partial charge in [-0.05, 0) is 6.92 Å². The lowest BCUT2D eigenvalue weighted by molar-refractivity contribution is -0.273. The van der Waals surface area contributed by atoms with Crippen molar-refractivity contribution < 1.29 is 31.1 Å². The first-order chi connectivity index (χ1) is 8.01. The van der Waals surface area contributed by atoms with Gasteiger partial charge in [-0.25, -0.2) is 4.98 Å². The summed E-state index contributed by atoms with van der Waals surface area (Å²) in [5.41, 5.74) is -0.0824. The first kappa shape index (κ1) is 14.9. The molecule has 0 aliphatic carbocycles. The summed E-state index contributed by atoms with van der Waals surface area (Å²) in [6, 6.07) is 0. The van der Waals surface area contributed by atoms with Gasteiger partial charge < -0.3 is 0 Å². The quantitative estimate of drug-likeness (QED) is 0.800. The van der Waals surface area contributed by atoms with E-state index in [0.717, 1.165) is 11.3 Å². The van der Waals surface area contributed by atoms with Crippen LogP contribution in [0.3, 0.4) is 0 Å². The van der Waals surface area contributed by atoms with Crippen molar-refractivity contribution in [1.82, 2.24) is 4.98 Å². The predicted molar refractivity (Wildman–Crippen MR) is 51.2 cm³/mol. The minimum absolute atomic E-state index is 0.0824. The maximum Gasteiger partial charge on any atom is 0.407 e. The number of aromatic nitrogens is 1. The van der Waals surface area contributed by atoms with E-state index in [1.807, 2.05) is 0 Å². The number of hydrogen-bond donors (Lipinski definition) is 0. The van der Waals surface area contributed by atoms with Gasteiger partial charge in [-0.1, -0.05) is 0 Å². The Balaban J connectivity index is 2.91. The van der Waals surface area contributed by atoms with Crippen molar-refractivity contribution in [2.24, 2.45) is 5.92 Å². The minimum atomic E-state index is -5.64. The number of ketones is 1. The average molecular weight is 291 g/mol. The molecule has 18 heavy (non-hydrogen) atoms. The van der Waals surface area contributed by atoms with Crippen LogP contribution >= 0.6 is 11.3 Å². The molecule has 2 nitrogen and oxygen atoms in total. The van der Waals surface area contributed by atoms with Crippen LogP contribution in [0.4, 0.5) is 26.3 Å². The summed E-state index contributed by atoms with van der Waals surface area (Å²) in [5, 5.41) is 1.73. The molecule has 0 radical (unpaired) electrons. The number of halogens is 6. The highest BCUT2D eigenvalue weighted by molar-refractivity contribution is 7.09. The summed E-state index contributed by atoms with van der Waals surface area (Å²) in [7, 11) is 0. The Bertz CT molecular complexity index is 421. The van der Waals surface area contributed by atoms with Gasteiger partial charge in [-0.3, -0.25) is 4.79 Å². The lowest BCUT2D eigenvalue weighted by Gasteiger charge is -2.21. The highest BCUT2D eigenvalue weighted by Gasteiger charge is 2.60. The standard InChI is InChI=1S/C9H7F6NOS/c1-4-16-5(3-18-4)2-6(17)7(8(10,11)12)9(13,14)15/h3,7H,2H2,1H3. The molecule has 9 heteroatoms. The normalized spacial score (nSPS) is 13.1. The Hall–Kier alpha value is -1.12. The van der Waals surface area contributed by atoms with Crippen LogP contribution in [0.1, 0.15) is 10.7 Å². The molecule has 1 aromatic rings. The van der Waals surface area contributed by atoms with E-state index in [1.54, 1.807) is 0 Å². The van der Waals surface area contributed by atoms with Crippen molar-refractivity contribution in [2.75, 3.05) is 0 Å². The van der Waals surface area contributed by atoms with Crippen molar-refractivity contribution in [3.63, 3.8) is 0 Å². The number of hydrogen-bond acceptors (Lipinski definition) is 3. The molecule has 0 aliphatic rings. The lowest BCUT2D eigenvalue weighted by Crippen LogP contribution is -2.43. The summed E-state index contributed by atoms with van der Waals surface area (Å²) in [5.74, 6) is -5.90. The third-order valence-corrected chi connectivity index (χ3v) is 2.82. The van der Waals surface area contributed by atoms with Crippen LogP contribution in [-0.4, -0.2) is 23.1 Å². The summed E-state index contributed by atoms with van der Waals surface area (Å²) in [4.78, 5) is 14.8. The highest BCUT2D eigenvalue weighted by Crippen LogP contribution is 2.40. The summed E-state index contributed by atoms with van der Waals surface area (Å²) in [6.07, 6.45) is -12.3. The molecule has 0 aliphatic heterocycles. The van der Waals surface area contributed by atoms with Crippen LogP contribution in [0.25, 0.3) is 0 Å². The van der Waals surface area contributed by atoms with Gasteiger partial charge in [-0.15, -0.1) is 11.3 Å². The average Bonchev–Trinajstić information content (AvgIpc) is 2.44. The fraction of sp³-hybridized carbons (Fsp3) is 0.556. The van der Waals surface area contributed by atoms with E-state index in [4.69, 9.17) is 0 Å². The van der Waals surface area contributed by atoms with Crippen molar-refractivity contribution in [2.45, 2.75) is 25.7 Å². The minimum Gasteiger partial charge on any atom is -0.298 e. The van der Waals surface area contributed by atoms with Gasteiger partial charge in [-0.2, -0.15) is 26.3 Å². The second-order valence-corrected chi connectivity index (χ2v) is 4.58. The molecule has 0 amide bonds. The van der Waals surface area contributed by atoms with Gasteiger partial charge in [0.1, 0.15) is 0 Å². The zero-order valence-corrected chi connectivity index (χ0v) is 9.71. The van der Waals surface area contributed by atoms with Gasteiger partial charge >= 0.3 is 12.4 Å². The van der Waals surface area contributed by atoms with Crippen molar-refractivity contribution in [3.05, 3.63) is 16.1 Å². The molecule has 0 fully saturated rings. The number of carbonyl (C=O) groups excluding carboxylic acids is 1. The summed E-state index contributed by atoms with van der Waals surface area (Å²) < 4.78 is 73.3. The number of Topliss-reactive ketones (excluding diaryl/α,β-unsaturated/α-hetero) is 1. The molecule has 1 rings (SSSR count). The number of rotatable bonds is 3. The Kier molecular flexibility index (Phi) is 4.04. The molecule has 0 atom stereocenters. The zero-order valence-electron chi connectivity index (χ0n) is 8.89. The van der Waals surface area contributed by atoms with E-state index in [2.05, 4.69) is 4.98 Å². The van der Waals surface area contributed by atoms with E-state index in [0.29, 0.717) is 5.01 Å². The molecule has 1 heterocycles.